The monoisotopic (exact) mass is 298 g/mol. The quantitative estimate of drug-likeness (QED) is 0.780. The highest BCUT2D eigenvalue weighted by Gasteiger charge is 2.31. The number of aliphatic hydroxyl groups is 1. The Balaban J connectivity index is 2.26. The van der Waals surface area contributed by atoms with Gasteiger partial charge in [0.1, 0.15) is 5.70 Å². The molecule has 0 radical (unpaired) electrons. The molecule has 1 aromatic rings. The minimum Gasteiger partial charge on any atom is -0.491 e. The van der Waals surface area contributed by atoms with E-state index in [4.69, 9.17) is 5.11 Å². The average molecular weight is 298 g/mol. The van der Waals surface area contributed by atoms with Crippen LogP contribution in [0.3, 0.4) is 0 Å². The molecule has 8 heteroatoms. The molecular formula is C13H12F2N2O4. The molecule has 0 aliphatic carbocycles. The zero-order valence-electron chi connectivity index (χ0n) is 11.0. The summed E-state index contributed by atoms with van der Waals surface area (Å²) in [6.07, 6.45) is 0.979. The number of aliphatic hydroxyl groups excluding tert-OH is 1. The summed E-state index contributed by atoms with van der Waals surface area (Å²) in [6, 6.07) is 2.05. The molecule has 1 heterocycles. The molecule has 0 saturated carbocycles. The van der Waals surface area contributed by atoms with Gasteiger partial charge in [-0.15, -0.1) is 0 Å². The molecule has 6 nitrogen and oxygen atoms in total. The van der Waals surface area contributed by atoms with E-state index in [0.717, 1.165) is 30.2 Å². The second-order valence-corrected chi connectivity index (χ2v) is 4.14. The summed E-state index contributed by atoms with van der Waals surface area (Å²) in [7, 11) is 1.11. The summed E-state index contributed by atoms with van der Waals surface area (Å²) in [5.74, 6) is -3.81. The van der Waals surface area contributed by atoms with Crippen LogP contribution in [-0.4, -0.2) is 42.1 Å². The number of imide groups is 1. The van der Waals surface area contributed by atoms with Crippen LogP contribution in [-0.2, 0) is 9.59 Å². The lowest BCUT2D eigenvalue weighted by Gasteiger charge is -2.14. The maximum absolute atomic E-state index is 14.0. The Labute approximate surface area is 118 Å². The number of ether oxygens (including phenoxy) is 1. The first-order chi connectivity index (χ1) is 9.99. The third-order valence-electron chi connectivity index (χ3n) is 2.86. The Morgan fingerprint density at radius 2 is 2.05 bits per heavy atom. The van der Waals surface area contributed by atoms with Crippen LogP contribution in [0.15, 0.2) is 23.9 Å². The van der Waals surface area contributed by atoms with Gasteiger partial charge in [-0.3, -0.25) is 14.5 Å². The number of hydrogen-bond donors (Lipinski definition) is 2. The predicted octanol–water partition coefficient (Wildman–Crippen LogP) is 0.630. The van der Waals surface area contributed by atoms with Gasteiger partial charge >= 0.3 is 0 Å². The number of carbonyl (C=O) groups is 2. The van der Waals surface area contributed by atoms with E-state index < -0.39 is 29.2 Å². The Kier molecular flexibility index (Phi) is 4.18. The minimum atomic E-state index is -1.01. The molecule has 2 amide bonds. The van der Waals surface area contributed by atoms with E-state index in [-0.39, 0.29) is 24.5 Å². The maximum atomic E-state index is 14.0. The molecule has 2 rings (SSSR count). The molecule has 112 valence electrons. The lowest BCUT2D eigenvalue weighted by atomic mass is 10.2. The van der Waals surface area contributed by atoms with Gasteiger partial charge in [0.2, 0.25) is 0 Å². The van der Waals surface area contributed by atoms with E-state index >= 15 is 0 Å². The molecule has 0 bridgehead atoms. The number of β-amino-alcohol motifs (C(OH)–C–C–N with tert-alkyl or cyclic N) is 1. The Morgan fingerprint density at radius 3 is 2.67 bits per heavy atom. The molecule has 2 N–H and O–H groups in total. The molecule has 1 aliphatic heterocycles. The van der Waals surface area contributed by atoms with E-state index in [9.17, 15) is 18.4 Å². The summed E-state index contributed by atoms with van der Waals surface area (Å²) in [4.78, 5) is 24.2. The third kappa shape index (κ3) is 2.70. The summed E-state index contributed by atoms with van der Waals surface area (Å²) < 4.78 is 31.8. The van der Waals surface area contributed by atoms with Gasteiger partial charge in [-0.05, 0) is 12.1 Å². The van der Waals surface area contributed by atoms with E-state index in [1.807, 2.05) is 0 Å². The Bertz CT molecular complexity index is 631. The van der Waals surface area contributed by atoms with Gasteiger partial charge in [-0.25, -0.2) is 8.78 Å². The Hall–Kier alpha value is -2.48. The van der Waals surface area contributed by atoms with Gasteiger partial charge in [0, 0.05) is 6.08 Å². The molecule has 0 fully saturated rings. The summed E-state index contributed by atoms with van der Waals surface area (Å²) in [5, 5.41) is 11.2. The van der Waals surface area contributed by atoms with Crippen LogP contribution in [0.4, 0.5) is 14.5 Å². The fraction of sp³-hybridized carbons (Fsp3) is 0.231. The number of halogens is 2. The fourth-order valence-corrected chi connectivity index (χ4v) is 1.87. The number of nitrogens with one attached hydrogen (secondary N) is 1. The molecule has 21 heavy (non-hydrogen) atoms. The lowest BCUT2D eigenvalue weighted by Crippen LogP contribution is -2.34. The standard InChI is InChI=1S/C13H12F2N2O4/c1-21-12-7(14)2-3-8(11(12)15)16-9-6-10(19)17(4-5-18)13(9)20/h2-3,6,16,18H,4-5H2,1H3. The normalized spacial score (nSPS) is 14.5. The van der Waals surface area contributed by atoms with Crippen molar-refractivity contribution in [3.8, 4) is 5.75 Å². The predicted molar refractivity (Wildman–Crippen MR) is 68.4 cm³/mol. The summed E-state index contributed by atoms with van der Waals surface area (Å²) in [6.45, 7) is -0.536. The van der Waals surface area contributed by atoms with Crippen molar-refractivity contribution < 1.29 is 28.2 Å². The number of amides is 2. The second-order valence-electron chi connectivity index (χ2n) is 4.14. The maximum Gasteiger partial charge on any atom is 0.277 e. The number of rotatable bonds is 5. The molecule has 1 aromatic carbocycles. The lowest BCUT2D eigenvalue weighted by molar-refractivity contribution is -0.137. The molecular weight excluding hydrogens is 286 g/mol. The zero-order valence-corrected chi connectivity index (χ0v) is 11.0. The van der Waals surface area contributed by atoms with Gasteiger partial charge in [0.05, 0.1) is 25.9 Å². The van der Waals surface area contributed by atoms with Gasteiger partial charge in [-0.1, -0.05) is 0 Å². The number of benzene rings is 1. The first-order valence-corrected chi connectivity index (χ1v) is 5.97. The highest BCUT2D eigenvalue weighted by Crippen LogP contribution is 2.29. The van der Waals surface area contributed by atoms with E-state index in [1.54, 1.807) is 0 Å². The highest BCUT2D eigenvalue weighted by atomic mass is 19.1. The van der Waals surface area contributed by atoms with Crippen LogP contribution < -0.4 is 10.1 Å². The first-order valence-electron chi connectivity index (χ1n) is 5.97. The number of anilines is 1. The van der Waals surface area contributed by atoms with Crippen LogP contribution in [0.25, 0.3) is 0 Å². The van der Waals surface area contributed by atoms with E-state index in [0.29, 0.717) is 0 Å². The number of methoxy groups -OCH3 is 1. The van der Waals surface area contributed by atoms with Crippen LogP contribution in [0.2, 0.25) is 0 Å². The average Bonchev–Trinajstić information content (AvgIpc) is 2.71. The highest BCUT2D eigenvalue weighted by molar-refractivity contribution is 6.17. The van der Waals surface area contributed by atoms with Gasteiger partial charge in [0.15, 0.2) is 17.4 Å². The number of hydrogen-bond acceptors (Lipinski definition) is 5. The molecule has 0 atom stereocenters. The largest absolute Gasteiger partial charge is 0.491 e. The van der Waals surface area contributed by atoms with Crippen molar-refractivity contribution in [1.29, 1.82) is 0 Å². The molecule has 1 aliphatic rings. The molecule has 0 spiro atoms. The van der Waals surface area contributed by atoms with Gasteiger partial charge in [-0.2, -0.15) is 0 Å². The van der Waals surface area contributed by atoms with E-state index in [2.05, 4.69) is 10.1 Å². The third-order valence-corrected chi connectivity index (χ3v) is 2.86. The van der Waals surface area contributed by atoms with Crippen molar-refractivity contribution in [3.05, 3.63) is 35.5 Å². The van der Waals surface area contributed by atoms with Crippen molar-refractivity contribution in [2.75, 3.05) is 25.6 Å². The van der Waals surface area contributed by atoms with Crippen molar-refractivity contribution >= 4 is 17.5 Å². The van der Waals surface area contributed by atoms with Crippen molar-refractivity contribution in [2.24, 2.45) is 0 Å². The van der Waals surface area contributed by atoms with Crippen molar-refractivity contribution in [1.82, 2.24) is 4.90 Å². The summed E-state index contributed by atoms with van der Waals surface area (Å²) in [5.41, 5.74) is -0.368. The Morgan fingerprint density at radius 1 is 1.33 bits per heavy atom. The van der Waals surface area contributed by atoms with Gasteiger partial charge < -0.3 is 15.2 Å². The second kappa shape index (κ2) is 5.88. The fourth-order valence-electron chi connectivity index (χ4n) is 1.87. The van der Waals surface area contributed by atoms with Crippen LogP contribution >= 0.6 is 0 Å². The molecule has 0 saturated heterocycles. The summed E-state index contributed by atoms with van der Waals surface area (Å²) >= 11 is 0. The topological polar surface area (TPSA) is 78.9 Å². The SMILES string of the molecule is COc1c(F)ccc(NC2=CC(=O)N(CCO)C2=O)c1F. The van der Waals surface area contributed by atoms with Gasteiger partial charge in [0.25, 0.3) is 11.8 Å². The first kappa shape index (κ1) is 14.9. The van der Waals surface area contributed by atoms with Crippen molar-refractivity contribution in [3.63, 3.8) is 0 Å². The zero-order chi connectivity index (χ0) is 15.6. The van der Waals surface area contributed by atoms with Crippen LogP contribution in [0, 0.1) is 11.6 Å². The minimum absolute atomic E-state index is 0.158. The van der Waals surface area contributed by atoms with Crippen LogP contribution in [0.1, 0.15) is 0 Å². The van der Waals surface area contributed by atoms with Crippen molar-refractivity contribution in [2.45, 2.75) is 0 Å². The van der Waals surface area contributed by atoms with E-state index in [1.165, 1.54) is 0 Å². The molecule has 0 aromatic heterocycles. The number of nitrogens with zero attached hydrogens (tertiary/aromatic N) is 1. The van der Waals surface area contributed by atoms with Crippen LogP contribution in [0.5, 0.6) is 5.75 Å². The smallest absolute Gasteiger partial charge is 0.277 e. The molecule has 0 unspecified atom stereocenters. The number of carbonyl (C=O) groups excluding carboxylic acids is 2.